The van der Waals surface area contributed by atoms with E-state index in [1.54, 1.807) is 0 Å². The second kappa shape index (κ2) is 6.52. The van der Waals surface area contributed by atoms with E-state index in [1.165, 1.54) is 5.52 Å². The number of para-hydroxylation sites is 2. The molecule has 4 heteroatoms. The number of fused-ring (bicyclic) bond motifs is 1. The standard InChI is InChI=1S/C14H22N4/c1-2-18-13-8-4-3-7-12(13)17-14(18)11-16-10-6-5-9-15/h3-4,7-8,16H,2,5-6,9-11,15H2,1H3. The van der Waals surface area contributed by atoms with E-state index in [9.17, 15) is 0 Å². The molecule has 0 saturated carbocycles. The Hall–Kier alpha value is -1.39. The van der Waals surface area contributed by atoms with Crippen LogP contribution in [0.4, 0.5) is 0 Å². The van der Waals surface area contributed by atoms with Crippen LogP contribution in [0.1, 0.15) is 25.6 Å². The number of nitrogens with two attached hydrogens (primary N) is 1. The molecule has 1 aromatic heterocycles. The molecule has 0 amide bonds. The van der Waals surface area contributed by atoms with Crippen molar-refractivity contribution < 1.29 is 0 Å². The number of aromatic nitrogens is 2. The van der Waals surface area contributed by atoms with Gasteiger partial charge in [-0.15, -0.1) is 0 Å². The minimum Gasteiger partial charge on any atom is -0.330 e. The van der Waals surface area contributed by atoms with Crippen molar-refractivity contribution >= 4 is 11.0 Å². The van der Waals surface area contributed by atoms with Gasteiger partial charge in [-0.1, -0.05) is 12.1 Å². The van der Waals surface area contributed by atoms with Crippen LogP contribution in [-0.4, -0.2) is 22.6 Å². The summed E-state index contributed by atoms with van der Waals surface area (Å²) in [6.45, 7) is 5.72. The summed E-state index contributed by atoms with van der Waals surface area (Å²) in [5.41, 5.74) is 7.78. The fraction of sp³-hybridized carbons (Fsp3) is 0.500. The lowest BCUT2D eigenvalue weighted by Gasteiger charge is -2.07. The summed E-state index contributed by atoms with van der Waals surface area (Å²) < 4.78 is 2.27. The quantitative estimate of drug-likeness (QED) is 0.733. The van der Waals surface area contributed by atoms with Crippen LogP contribution in [0.25, 0.3) is 11.0 Å². The maximum atomic E-state index is 5.47. The highest BCUT2D eigenvalue weighted by Crippen LogP contribution is 2.15. The number of hydrogen-bond donors (Lipinski definition) is 2. The van der Waals surface area contributed by atoms with Gasteiger partial charge in [0.2, 0.25) is 0 Å². The number of nitrogens with one attached hydrogen (secondary N) is 1. The molecule has 98 valence electrons. The normalized spacial score (nSPS) is 11.2. The number of rotatable bonds is 7. The van der Waals surface area contributed by atoms with Crippen molar-refractivity contribution in [3.63, 3.8) is 0 Å². The summed E-state index contributed by atoms with van der Waals surface area (Å²) >= 11 is 0. The molecule has 2 rings (SSSR count). The molecule has 0 aliphatic carbocycles. The van der Waals surface area contributed by atoms with Gasteiger partial charge in [-0.25, -0.2) is 4.98 Å². The van der Waals surface area contributed by atoms with E-state index in [1.807, 2.05) is 6.07 Å². The fourth-order valence-corrected chi connectivity index (χ4v) is 2.21. The molecular formula is C14H22N4. The van der Waals surface area contributed by atoms with Crippen molar-refractivity contribution in [2.45, 2.75) is 32.9 Å². The first-order valence-electron chi connectivity index (χ1n) is 6.71. The number of unbranched alkanes of at least 4 members (excludes halogenated alkanes) is 1. The highest BCUT2D eigenvalue weighted by atomic mass is 15.1. The van der Waals surface area contributed by atoms with Gasteiger partial charge in [0, 0.05) is 6.54 Å². The summed E-state index contributed by atoms with van der Waals surface area (Å²) in [4.78, 5) is 4.68. The molecule has 0 aliphatic rings. The molecule has 0 atom stereocenters. The molecule has 0 radical (unpaired) electrons. The third-order valence-electron chi connectivity index (χ3n) is 3.14. The highest BCUT2D eigenvalue weighted by molar-refractivity contribution is 5.75. The summed E-state index contributed by atoms with van der Waals surface area (Å²) in [7, 11) is 0. The molecule has 0 bridgehead atoms. The number of benzene rings is 1. The zero-order chi connectivity index (χ0) is 12.8. The van der Waals surface area contributed by atoms with E-state index in [-0.39, 0.29) is 0 Å². The lowest BCUT2D eigenvalue weighted by molar-refractivity contribution is 0.590. The van der Waals surface area contributed by atoms with Gasteiger partial charge in [-0.05, 0) is 45.0 Å². The molecule has 0 saturated heterocycles. The van der Waals surface area contributed by atoms with Crippen LogP contribution in [0.2, 0.25) is 0 Å². The summed E-state index contributed by atoms with van der Waals surface area (Å²) in [5.74, 6) is 1.12. The van der Waals surface area contributed by atoms with Crippen molar-refractivity contribution in [3.8, 4) is 0 Å². The number of hydrogen-bond acceptors (Lipinski definition) is 3. The van der Waals surface area contributed by atoms with Crippen LogP contribution in [0.3, 0.4) is 0 Å². The van der Waals surface area contributed by atoms with Crippen LogP contribution < -0.4 is 11.1 Å². The lowest BCUT2D eigenvalue weighted by Crippen LogP contribution is -2.18. The Morgan fingerprint density at radius 3 is 2.89 bits per heavy atom. The zero-order valence-corrected chi connectivity index (χ0v) is 11.0. The summed E-state index contributed by atoms with van der Waals surface area (Å²) in [6.07, 6.45) is 2.21. The molecule has 0 unspecified atom stereocenters. The van der Waals surface area contributed by atoms with Gasteiger partial charge in [-0.2, -0.15) is 0 Å². The minimum atomic E-state index is 0.773. The molecule has 2 aromatic rings. The Balaban J connectivity index is 2.03. The Labute approximate surface area is 108 Å². The first-order chi connectivity index (χ1) is 8.86. The van der Waals surface area contributed by atoms with Gasteiger partial charge in [0.15, 0.2) is 0 Å². The first kappa shape index (κ1) is 13.1. The Morgan fingerprint density at radius 1 is 1.28 bits per heavy atom. The molecule has 0 fully saturated rings. The molecular weight excluding hydrogens is 224 g/mol. The van der Waals surface area contributed by atoms with E-state index in [2.05, 4.69) is 40.0 Å². The lowest BCUT2D eigenvalue weighted by atomic mass is 10.3. The van der Waals surface area contributed by atoms with E-state index in [0.717, 1.165) is 50.4 Å². The smallest absolute Gasteiger partial charge is 0.123 e. The molecule has 18 heavy (non-hydrogen) atoms. The number of imidazole rings is 1. The maximum Gasteiger partial charge on any atom is 0.123 e. The molecule has 1 heterocycles. The van der Waals surface area contributed by atoms with Crippen molar-refractivity contribution in [3.05, 3.63) is 30.1 Å². The predicted octanol–water partition coefficient (Wildman–Crippen LogP) is 1.88. The predicted molar refractivity (Wildman–Crippen MR) is 75.4 cm³/mol. The Kier molecular flexibility index (Phi) is 4.73. The molecule has 3 N–H and O–H groups in total. The topological polar surface area (TPSA) is 55.9 Å². The maximum absolute atomic E-state index is 5.47. The number of nitrogens with zero attached hydrogens (tertiary/aromatic N) is 2. The van der Waals surface area contributed by atoms with Crippen LogP contribution >= 0.6 is 0 Å². The second-order valence-electron chi connectivity index (χ2n) is 4.43. The highest BCUT2D eigenvalue weighted by Gasteiger charge is 2.07. The van der Waals surface area contributed by atoms with Crippen molar-refractivity contribution in [2.75, 3.05) is 13.1 Å². The molecule has 0 spiro atoms. The van der Waals surface area contributed by atoms with Gasteiger partial charge >= 0.3 is 0 Å². The number of aryl methyl sites for hydroxylation is 1. The third kappa shape index (κ3) is 2.89. The van der Waals surface area contributed by atoms with E-state index < -0.39 is 0 Å². The van der Waals surface area contributed by atoms with Crippen LogP contribution in [-0.2, 0) is 13.1 Å². The Morgan fingerprint density at radius 2 is 2.11 bits per heavy atom. The third-order valence-corrected chi connectivity index (χ3v) is 3.14. The van der Waals surface area contributed by atoms with E-state index in [0.29, 0.717) is 0 Å². The van der Waals surface area contributed by atoms with Crippen LogP contribution in [0, 0.1) is 0 Å². The zero-order valence-electron chi connectivity index (χ0n) is 11.0. The van der Waals surface area contributed by atoms with Crippen LogP contribution in [0.15, 0.2) is 24.3 Å². The minimum absolute atomic E-state index is 0.773. The molecule has 0 aliphatic heterocycles. The largest absolute Gasteiger partial charge is 0.330 e. The summed E-state index contributed by atoms with van der Waals surface area (Å²) in [6, 6.07) is 8.30. The fourth-order valence-electron chi connectivity index (χ4n) is 2.21. The van der Waals surface area contributed by atoms with Crippen molar-refractivity contribution in [1.82, 2.24) is 14.9 Å². The van der Waals surface area contributed by atoms with Crippen molar-refractivity contribution in [2.24, 2.45) is 5.73 Å². The average Bonchev–Trinajstić information content (AvgIpc) is 2.76. The first-order valence-corrected chi connectivity index (χ1v) is 6.71. The van der Waals surface area contributed by atoms with Gasteiger partial charge in [0.05, 0.1) is 17.6 Å². The monoisotopic (exact) mass is 246 g/mol. The average molecular weight is 246 g/mol. The molecule has 1 aromatic carbocycles. The van der Waals surface area contributed by atoms with E-state index in [4.69, 9.17) is 5.73 Å². The van der Waals surface area contributed by atoms with Gasteiger partial charge in [-0.3, -0.25) is 0 Å². The Bertz CT molecular complexity index is 489. The summed E-state index contributed by atoms with van der Waals surface area (Å²) in [5, 5.41) is 3.43. The van der Waals surface area contributed by atoms with E-state index >= 15 is 0 Å². The van der Waals surface area contributed by atoms with Crippen LogP contribution in [0.5, 0.6) is 0 Å². The van der Waals surface area contributed by atoms with Gasteiger partial charge in [0.25, 0.3) is 0 Å². The molecule has 4 nitrogen and oxygen atoms in total. The second-order valence-corrected chi connectivity index (χ2v) is 4.43. The van der Waals surface area contributed by atoms with Gasteiger partial charge < -0.3 is 15.6 Å². The van der Waals surface area contributed by atoms with Gasteiger partial charge in [0.1, 0.15) is 5.82 Å². The SMILES string of the molecule is CCn1c(CNCCCCN)nc2ccccc21. The van der Waals surface area contributed by atoms with Crippen molar-refractivity contribution in [1.29, 1.82) is 0 Å².